The number of rotatable bonds is 4. The van der Waals surface area contributed by atoms with Crippen LogP contribution < -0.4 is 5.56 Å². The van der Waals surface area contributed by atoms with E-state index < -0.39 is 8.32 Å². The highest BCUT2D eigenvalue weighted by Crippen LogP contribution is 2.40. The lowest BCUT2D eigenvalue weighted by molar-refractivity contribution is 0.459. The Morgan fingerprint density at radius 1 is 1.31 bits per heavy atom. The standard InChI is InChI=1S/C20H27N3O2Si/c1-14-10-17(15(2)22-14)18(25-26(6,7)20(3,4)5)13-23-12-16(11-21)8-9-19(23)24/h8-10,12-13,22H,1-7H3/b18-13+. The van der Waals surface area contributed by atoms with E-state index in [1.807, 2.05) is 19.9 Å². The summed E-state index contributed by atoms with van der Waals surface area (Å²) >= 11 is 0. The Labute approximate surface area is 156 Å². The van der Waals surface area contributed by atoms with E-state index in [9.17, 15) is 4.79 Å². The molecule has 138 valence electrons. The maximum absolute atomic E-state index is 12.3. The molecule has 0 aliphatic heterocycles. The summed E-state index contributed by atoms with van der Waals surface area (Å²) in [6.07, 6.45) is 3.23. The van der Waals surface area contributed by atoms with Gasteiger partial charge in [-0.2, -0.15) is 5.26 Å². The van der Waals surface area contributed by atoms with Gasteiger partial charge in [-0.05, 0) is 44.1 Å². The normalized spacial score (nSPS) is 12.8. The minimum atomic E-state index is -2.12. The second kappa shape index (κ2) is 7.00. The largest absolute Gasteiger partial charge is 0.542 e. The molecular formula is C20H27N3O2Si. The molecule has 1 N–H and O–H groups in total. The Morgan fingerprint density at radius 3 is 2.46 bits per heavy atom. The Kier molecular flexibility index (Phi) is 5.33. The lowest BCUT2D eigenvalue weighted by atomic mass is 10.2. The predicted octanol–water partition coefficient (Wildman–Crippen LogP) is 4.64. The van der Waals surface area contributed by atoms with E-state index >= 15 is 0 Å². The zero-order valence-electron chi connectivity index (χ0n) is 16.6. The number of nitrogens with zero attached hydrogens (tertiary/aromatic N) is 2. The first-order valence-electron chi connectivity index (χ1n) is 8.64. The Balaban J connectivity index is 2.64. The first kappa shape index (κ1) is 19.8. The molecule has 2 aromatic heterocycles. The van der Waals surface area contributed by atoms with Crippen LogP contribution in [0.15, 0.2) is 29.2 Å². The van der Waals surface area contributed by atoms with Gasteiger partial charge in [-0.1, -0.05) is 20.8 Å². The molecule has 0 bridgehead atoms. The van der Waals surface area contributed by atoms with E-state index in [4.69, 9.17) is 9.69 Å². The summed E-state index contributed by atoms with van der Waals surface area (Å²) in [6.45, 7) is 14.8. The van der Waals surface area contributed by atoms with Crippen molar-refractivity contribution in [1.82, 2.24) is 9.55 Å². The first-order chi connectivity index (χ1) is 11.9. The quantitative estimate of drug-likeness (QED) is 0.630. The number of aromatic amines is 1. The number of H-pyrrole nitrogens is 1. The van der Waals surface area contributed by atoms with E-state index in [0.717, 1.165) is 17.0 Å². The third-order valence-corrected chi connectivity index (χ3v) is 9.25. The van der Waals surface area contributed by atoms with Crippen LogP contribution in [0.25, 0.3) is 12.0 Å². The third kappa shape index (κ3) is 4.17. The van der Waals surface area contributed by atoms with Gasteiger partial charge in [-0.15, -0.1) is 0 Å². The lowest BCUT2D eigenvalue weighted by Crippen LogP contribution is -2.40. The van der Waals surface area contributed by atoms with E-state index in [1.54, 1.807) is 6.20 Å². The molecule has 2 rings (SSSR count). The van der Waals surface area contributed by atoms with Crippen LogP contribution in [0.3, 0.4) is 0 Å². The van der Waals surface area contributed by atoms with Crippen LogP contribution in [-0.2, 0) is 4.43 Å². The fourth-order valence-electron chi connectivity index (χ4n) is 2.36. The summed E-state index contributed by atoms with van der Waals surface area (Å²) in [4.78, 5) is 15.6. The molecule has 2 aromatic rings. The highest BCUT2D eigenvalue weighted by molar-refractivity contribution is 6.74. The SMILES string of the molecule is Cc1cc(/C(=C\n2cc(C#N)ccc2=O)O[Si](C)(C)C(C)(C)C)c(C)[nH]1. The molecule has 0 atom stereocenters. The molecule has 0 spiro atoms. The molecule has 0 fully saturated rings. The zero-order chi connectivity index (χ0) is 19.7. The third-order valence-electron chi connectivity index (χ3n) is 4.91. The van der Waals surface area contributed by atoms with Crippen LogP contribution in [0.4, 0.5) is 0 Å². The van der Waals surface area contributed by atoms with Crippen molar-refractivity contribution in [3.8, 4) is 6.07 Å². The van der Waals surface area contributed by atoms with Gasteiger partial charge in [0.15, 0.2) is 0 Å². The van der Waals surface area contributed by atoms with Crippen LogP contribution in [0, 0.1) is 25.2 Å². The Bertz CT molecular complexity index is 937. The average molecular weight is 370 g/mol. The smallest absolute Gasteiger partial charge is 0.254 e. The topological polar surface area (TPSA) is 70.8 Å². The van der Waals surface area contributed by atoms with Crippen molar-refractivity contribution in [2.24, 2.45) is 0 Å². The van der Waals surface area contributed by atoms with Crippen molar-refractivity contribution >= 4 is 20.3 Å². The van der Waals surface area contributed by atoms with Gasteiger partial charge in [0.25, 0.3) is 13.9 Å². The summed E-state index contributed by atoms with van der Waals surface area (Å²) in [5, 5.41) is 9.15. The summed E-state index contributed by atoms with van der Waals surface area (Å²) in [6, 6.07) is 7.01. The molecule has 0 aliphatic rings. The lowest BCUT2D eigenvalue weighted by Gasteiger charge is -2.37. The van der Waals surface area contributed by atoms with Crippen molar-refractivity contribution < 1.29 is 4.43 Å². The molecule has 2 heterocycles. The molecular weight excluding hydrogens is 342 g/mol. The molecule has 0 aliphatic carbocycles. The molecule has 26 heavy (non-hydrogen) atoms. The van der Waals surface area contributed by atoms with E-state index in [-0.39, 0.29) is 10.6 Å². The van der Waals surface area contributed by atoms with Gasteiger partial charge >= 0.3 is 0 Å². The molecule has 0 aromatic carbocycles. The van der Waals surface area contributed by atoms with E-state index in [2.05, 4.69) is 44.9 Å². The second-order valence-corrected chi connectivity index (χ2v) is 12.8. The fraction of sp³-hybridized carbons (Fsp3) is 0.400. The van der Waals surface area contributed by atoms with E-state index in [1.165, 1.54) is 22.9 Å². The maximum Gasteiger partial charge on any atom is 0.254 e. The number of hydrogen-bond acceptors (Lipinski definition) is 3. The van der Waals surface area contributed by atoms with Gasteiger partial charge in [-0.3, -0.25) is 9.36 Å². The number of aryl methyl sites for hydroxylation is 2. The molecule has 0 amide bonds. The van der Waals surface area contributed by atoms with Gasteiger partial charge in [0.2, 0.25) is 0 Å². The van der Waals surface area contributed by atoms with Crippen LogP contribution in [-0.4, -0.2) is 17.9 Å². The minimum absolute atomic E-state index is 0.0187. The van der Waals surface area contributed by atoms with Gasteiger partial charge in [0.1, 0.15) is 11.8 Å². The average Bonchev–Trinajstić information content (AvgIpc) is 2.86. The molecule has 6 heteroatoms. The summed E-state index contributed by atoms with van der Waals surface area (Å²) in [7, 11) is -2.12. The van der Waals surface area contributed by atoms with Crippen LogP contribution in [0.5, 0.6) is 0 Å². The van der Waals surface area contributed by atoms with Crippen molar-refractivity contribution in [3.63, 3.8) is 0 Å². The molecule has 0 saturated carbocycles. The van der Waals surface area contributed by atoms with Crippen molar-refractivity contribution in [2.75, 3.05) is 0 Å². The molecule has 5 nitrogen and oxygen atoms in total. The molecule has 0 saturated heterocycles. The van der Waals surface area contributed by atoms with Crippen LogP contribution in [0.1, 0.15) is 43.3 Å². The van der Waals surface area contributed by atoms with Crippen LogP contribution in [0.2, 0.25) is 18.1 Å². The Hall–Kier alpha value is -2.52. The Morgan fingerprint density at radius 2 is 1.96 bits per heavy atom. The number of hydrogen-bond donors (Lipinski definition) is 1. The van der Waals surface area contributed by atoms with Gasteiger partial charge in [-0.25, -0.2) is 0 Å². The predicted molar refractivity (Wildman–Crippen MR) is 108 cm³/mol. The summed E-state index contributed by atoms with van der Waals surface area (Å²) in [5.74, 6) is 0.649. The zero-order valence-corrected chi connectivity index (χ0v) is 17.6. The van der Waals surface area contributed by atoms with Gasteiger partial charge in [0.05, 0.1) is 11.8 Å². The van der Waals surface area contributed by atoms with Crippen LogP contribution >= 0.6 is 0 Å². The number of pyridine rings is 1. The highest BCUT2D eigenvalue weighted by atomic mass is 28.4. The van der Waals surface area contributed by atoms with Crippen molar-refractivity contribution in [2.45, 2.75) is 52.8 Å². The van der Waals surface area contributed by atoms with Crippen molar-refractivity contribution in [3.05, 3.63) is 57.3 Å². The number of aromatic nitrogens is 2. The summed E-state index contributed by atoms with van der Waals surface area (Å²) in [5.41, 5.74) is 3.17. The van der Waals surface area contributed by atoms with E-state index in [0.29, 0.717) is 11.3 Å². The monoisotopic (exact) mass is 369 g/mol. The minimum Gasteiger partial charge on any atom is -0.542 e. The molecule has 0 unspecified atom stereocenters. The number of nitrogens with one attached hydrogen (secondary N) is 1. The highest BCUT2D eigenvalue weighted by Gasteiger charge is 2.39. The van der Waals surface area contributed by atoms with Gasteiger partial charge < -0.3 is 9.41 Å². The second-order valence-electron chi connectivity index (χ2n) is 8.12. The fourth-order valence-corrected chi connectivity index (χ4v) is 3.37. The summed E-state index contributed by atoms with van der Waals surface area (Å²) < 4.78 is 7.97. The van der Waals surface area contributed by atoms with Gasteiger partial charge in [0, 0.05) is 29.2 Å². The maximum atomic E-state index is 12.3. The number of nitriles is 1. The first-order valence-corrected chi connectivity index (χ1v) is 11.5. The molecule has 0 radical (unpaired) electrons. The van der Waals surface area contributed by atoms with Crippen molar-refractivity contribution in [1.29, 1.82) is 5.26 Å².